The fourth-order valence-electron chi connectivity index (χ4n) is 2.52. The van der Waals surface area contributed by atoms with Gasteiger partial charge in [-0.2, -0.15) is 9.29 Å². The van der Waals surface area contributed by atoms with Gasteiger partial charge in [0, 0.05) is 32.1 Å². The molecular weight excluding hydrogens is 354 g/mol. The van der Waals surface area contributed by atoms with Gasteiger partial charge in [0.25, 0.3) is 0 Å². The molecule has 136 valence electrons. The van der Waals surface area contributed by atoms with Gasteiger partial charge in [-0.05, 0) is 18.2 Å². The van der Waals surface area contributed by atoms with Gasteiger partial charge in [0.05, 0.1) is 0 Å². The highest BCUT2D eigenvalue weighted by Crippen LogP contribution is 2.23. The van der Waals surface area contributed by atoms with E-state index in [0.29, 0.717) is 31.0 Å². The molecule has 0 amide bonds. The van der Waals surface area contributed by atoms with Crippen molar-refractivity contribution in [2.45, 2.75) is 24.7 Å². The first kappa shape index (κ1) is 17.7. The second-order valence-electron chi connectivity index (χ2n) is 6.06. The van der Waals surface area contributed by atoms with Crippen LogP contribution in [0, 0.1) is 11.6 Å². The summed E-state index contributed by atoms with van der Waals surface area (Å²) in [7, 11) is -4.10. The van der Waals surface area contributed by atoms with E-state index in [-0.39, 0.29) is 19.0 Å². The molecule has 1 aromatic heterocycles. The van der Waals surface area contributed by atoms with Crippen molar-refractivity contribution in [1.29, 1.82) is 0 Å². The van der Waals surface area contributed by atoms with Gasteiger partial charge >= 0.3 is 6.01 Å². The van der Waals surface area contributed by atoms with Gasteiger partial charge in [-0.25, -0.2) is 17.2 Å². The first-order chi connectivity index (χ1) is 11.8. The van der Waals surface area contributed by atoms with E-state index in [4.69, 9.17) is 4.52 Å². The van der Waals surface area contributed by atoms with Crippen LogP contribution in [0.4, 0.5) is 14.8 Å². The molecule has 0 unspecified atom stereocenters. The van der Waals surface area contributed by atoms with Crippen LogP contribution in [-0.2, 0) is 10.0 Å². The Balaban J connectivity index is 1.74. The zero-order chi connectivity index (χ0) is 18.2. The maximum absolute atomic E-state index is 13.8. The normalized spacial score (nSPS) is 16.6. The van der Waals surface area contributed by atoms with Gasteiger partial charge in [-0.15, -0.1) is 0 Å². The third-order valence-electron chi connectivity index (χ3n) is 3.97. The van der Waals surface area contributed by atoms with Crippen LogP contribution >= 0.6 is 0 Å². The average Bonchev–Trinajstić information content (AvgIpc) is 3.07. The number of anilines is 1. The second kappa shape index (κ2) is 6.68. The highest BCUT2D eigenvalue weighted by Gasteiger charge is 2.32. The standard InChI is InChI=1S/C15H18F2N4O3S/c1-10(2)14-18-15(24-19-14)20-5-7-21(8-6-20)25(22,23)13-9-11(16)3-4-12(13)17/h3-4,9-10H,5-8H2,1-2H3. The molecule has 0 N–H and O–H groups in total. The van der Waals surface area contributed by atoms with E-state index in [2.05, 4.69) is 10.1 Å². The molecular formula is C15H18F2N4O3S. The molecule has 0 spiro atoms. The lowest BCUT2D eigenvalue weighted by atomic mass is 10.2. The Morgan fingerprint density at radius 2 is 1.84 bits per heavy atom. The quantitative estimate of drug-likeness (QED) is 0.817. The fourth-order valence-corrected chi connectivity index (χ4v) is 4.02. The fraction of sp³-hybridized carbons (Fsp3) is 0.467. The van der Waals surface area contributed by atoms with E-state index in [1.54, 1.807) is 4.90 Å². The van der Waals surface area contributed by atoms with Crippen LogP contribution in [0.3, 0.4) is 0 Å². The number of nitrogens with zero attached hydrogens (tertiary/aromatic N) is 4. The van der Waals surface area contributed by atoms with Gasteiger partial charge in [0.2, 0.25) is 10.0 Å². The Labute approximate surface area is 144 Å². The van der Waals surface area contributed by atoms with E-state index in [0.717, 1.165) is 16.4 Å². The first-order valence-electron chi connectivity index (χ1n) is 7.83. The van der Waals surface area contributed by atoms with Gasteiger partial charge < -0.3 is 9.42 Å². The van der Waals surface area contributed by atoms with Crippen molar-refractivity contribution in [3.05, 3.63) is 35.7 Å². The second-order valence-corrected chi connectivity index (χ2v) is 7.96. The maximum Gasteiger partial charge on any atom is 0.324 e. The summed E-state index contributed by atoms with van der Waals surface area (Å²) in [5.41, 5.74) is 0. The average molecular weight is 372 g/mol. The predicted molar refractivity (Wildman–Crippen MR) is 85.7 cm³/mol. The Morgan fingerprint density at radius 1 is 1.16 bits per heavy atom. The molecule has 1 aromatic carbocycles. The zero-order valence-corrected chi connectivity index (χ0v) is 14.6. The summed E-state index contributed by atoms with van der Waals surface area (Å²) < 4.78 is 58.5. The van der Waals surface area contributed by atoms with Crippen LogP contribution in [0.2, 0.25) is 0 Å². The molecule has 7 nitrogen and oxygen atoms in total. The molecule has 0 saturated carbocycles. The van der Waals surface area contributed by atoms with E-state index >= 15 is 0 Å². The highest BCUT2D eigenvalue weighted by atomic mass is 32.2. The number of halogens is 2. The lowest BCUT2D eigenvalue weighted by Crippen LogP contribution is -2.49. The molecule has 25 heavy (non-hydrogen) atoms. The lowest BCUT2D eigenvalue weighted by molar-refractivity contribution is 0.351. The molecule has 0 atom stereocenters. The topological polar surface area (TPSA) is 79.5 Å². The summed E-state index contributed by atoms with van der Waals surface area (Å²) in [4.78, 5) is 5.39. The highest BCUT2D eigenvalue weighted by molar-refractivity contribution is 7.89. The van der Waals surface area contributed by atoms with E-state index in [1.165, 1.54) is 0 Å². The number of piperazine rings is 1. The van der Waals surface area contributed by atoms with Crippen molar-refractivity contribution in [2.75, 3.05) is 31.1 Å². The zero-order valence-electron chi connectivity index (χ0n) is 13.8. The van der Waals surface area contributed by atoms with Crippen molar-refractivity contribution in [2.24, 2.45) is 0 Å². The van der Waals surface area contributed by atoms with Gasteiger partial charge in [-0.1, -0.05) is 19.0 Å². The van der Waals surface area contributed by atoms with Gasteiger partial charge in [0.1, 0.15) is 16.5 Å². The number of benzene rings is 1. The third kappa shape index (κ3) is 3.49. The number of sulfonamides is 1. The minimum absolute atomic E-state index is 0.109. The summed E-state index contributed by atoms with van der Waals surface area (Å²) in [5.74, 6) is -1.07. The van der Waals surface area contributed by atoms with Crippen molar-refractivity contribution < 1.29 is 21.7 Å². The van der Waals surface area contributed by atoms with Crippen LogP contribution < -0.4 is 4.90 Å². The molecule has 1 aliphatic rings. The van der Waals surface area contributed by atoms with Crippen LogP contribution in [0.15, 0.2) is 27.6 Å². The molecule has 3 rings (SSSR count). The molecule has 2 aromatic rings. The molecule has 0 bridgehead atoms. The number of hydrogen-bond acceptors (Lipinski definition) is 6. The first-order valence-corrected chi connectivity index (χ1v) is 9.27. The molecule has 1 fully saturated rings. The van der Waals surface area contributed by atoms with Crippen molar-refractivity contribution in [3.8, 4) is 0 Å². The molecule has 1 saturated heterocycles. The molecule has 0 radical (unpaired) electrons. The Morgan fingerprint density at radius 3 is 2.44 bits per heavy atom. The van der Waals surface area contributed by atoms with Crippen LogP contribution in [0.5, 0.6) is 0 Å². The summed E-state index contributed by atoms with van der Waals surface area (Å²) >= 11 is 0. The van der Waals surface area contributed by atoms with Gasteiger partial charge in [-0.3, -0.25) is 0 Å². The molecule has 10 heteroatoms. The molecule has 1 aliphatic heterocycles. The van der Waals surface area contributed by atoms with Crippen molar-refractivity contribution in [1.82, 2.24) is 14.4 Å². The minimum atomic E-state index is -4.10. The third-order valence-corrected chi connectivity index (χ3v) is 5.88. The van der Waals surface area contributed by atoms with E-state index in [9.17, 15) is 17.2 Å². The largest absolute Gasteiger partial charge is 0.324 e. The SMILES string of the molecule is CC(C)c1noc(N2CCN(S(=O)(=O)c3cc(F)ccc3F)CC2)n1. The maximum atomic E-state index is 13.8. The lowest BCUT2D eigenvalue weighted by Gasteiger charge is -2.32. The van der Waals surface area contributed by atoms with Crippen LogP contribution in [-0.4, -0.2) is 49.0 Å². The smallest absolute Gasteiger partial charge is 0.322 e. The number of rotatable bonds is 4. The number of hydrogen-bond donors (Lipinski definition) is 0. The summed E-state index contributed by atoms with van der Waals surface area (Å²) in [5, 5.41) is 3.88. The Bertz CT molecular complexity index is 861. The van der Waals surface area contributed by atoms with Crippen molar-refractivity contribution >= 4 is 16.0 Å². The van der Waals surface area contributed by atoms with Crippen molar-refractivity contribution in [3.63, 3.8) is 0 Å². The number of aromatic nitrogens is 2. The van der Waals surface area contributed by atoms with E-state index in [1.807, 2.05) is 13.8 Å². The molecule has 2 heterocycles. The monoisotopic (exact) mass is 372 g/mol. The predicted octanol–water partition coefficient (Wildman–Crippen LogP) is 1.98. The summed E-state index contributed by atoms with van der Waals surface area (Å²) in [6.07, 6.45) is 0. The summed E-state index contributed by atoms with van der Waals surface area (Å²) in [6, 6.07) is 2.72. The molecule has 0 aliphatic carbocycles. The minimum Gasteiger partial charge on any atom is -0.322 e. The van der Waals surface area contributed by atoms with E-state index < -0.39 is 26.6 Å². The van der Waals surface area contributed by atoms with Gasteiger partial charge in [0.15, 0.2) is 5.82 Å². The van der Waals surface area contributed by atoms with Crippen LogP contribution in [0.25, 0.3) is 0 Å². The summed E-state index contributed by atoms with van der Waals surface area (Å²) in [6.45, 7) is 4.72. The Kier molecular flexibility index (Phi) is 4.74. The van der Waals surface area contributed by atoms with Crippen LogP contribution in [0.1, 0.15) is 25.6 Å². The Hall–Kier alpha value is -2.07.